The normalized spacial score (nSPS) is 9.30. The summed E-state index contributed by atoms with van der Waals surface area (Å²) in [5, 5.41) is 0. The molecule has 0 aromatic carbocycles. The third-order valence-electron chi connectivity index (χ3n) is 0.964. The largest absolute Gasteiger partial charge is 0.173 e. The second-order valence-electron chi connectivity index (χ2n) is 1.61. The maximum Gasteiger partial charge on any atom is 0.118 e. The van der Waals surface area contributed by atoms with E-state index in [2.05, 4.69) is 37.8 Å². The maximum absolute atomic E-state index is 4.00. The van der Waals surface area contributed by atoms with Gasteiger partial charge >= 0.3 is 0 Å². The lowest BCUT2D eigenvalue weighted by Crippen LogP contribution is -1.78. The molecule has 0 amide bonds. The Morgan fingerprint density at radius 3 is 2.70 bits per heavy atom. The van der Waals surface area contributed by atoms with Crippen LogP contribution in [0.25, 0.3) is 10.6 Å². The molecule has 0 bridgehead atoms. The number of rotatable bonds is 2. The molecule has 10 heavy (non-hydrogen) atoms. The van der Waals surface area contributed by atoms with Crippen molar-refractivity contribution in [2.24, 2.45) is 0 Å². The zero-order valence-corrected chi connectivity index (χ0v) is 7.57. The molecule has 0 fully saturated rings. The number of nitrogens with zero attached hydrogens (tertiary/aromatic N) is 2. The molecular weight excluding hydrogens is 212 g/mol. The van der Waals surface area contributed by atoms with Gasteiger partial charge in [-0.15, -0.1) is 0 Å². The van der Waals surface area contributed by atoms with Gasteiger partial charge in [0.15, 0.2) is 0 Å². The van der Waals surface area contributed by atoms with Gasteiger partial charge in [-0.05, 0) is 22.0 Å². The summed E-state index contributed by atoms with van der Waals surface area (Å²) in [5.41, 5.74) is 1.56. The number of aromatic nitrogens is 2. The van der Waals surface area contributed by atoms with Crippen LogP contribution in [0.5, 0.6) is 0 Å². The van der Waals surface area contributed by atoms with Gasteiger partial charge in [-0.3, -0.25) is 0 Å². The summed E-state index contributed by atoms with van der Waals surface area (Å²) in [7, 11) is 0. The molecular formula is C6H5BrN2S. The molecule has 0 aliphatic heterocycles. The quantitative estimate of drug-likeness (QED) is 0.760. The smallest absolute Gasteiger partial charge is 0.118 e. The van der Waals surface area contributed by atoms with Crippen LogP contribution in [0, 0.1) is 0 Å². The van der Waals surface area contributed by atoms with E-state index < -0.39 is 0 Å². The predicted molar refractivity (Wildman–Crippen MR) is 48.0 cm³/mol. The Balaban J connectivity index is 3.13. The van der Waals surface area contributed by atoms with Crippen LogP contribution >= 0.6 is 27.7 Å². The fraction of sp³-hybridized carbons (Fsp3) is 0. The lowest BCUT2D eigenvalue weighted by Gasteiger charge is -1.88. The lowest BCUT2D eigenvalue weighted by atomic mass is 10.3. The van der Waals surface area contributed by atoms with Gasteiger partial charge in [0.1, 0.15) is 11.4 Å². The molecule has 2 nitrogen and oxygen atoms in total. The summed E-state index contributed by atoms with van der Waals surface area (Å²) < 4.78 is 8.72. The molecule has 1 rings (SSSR count). The van der Waals surface area contributed by atoms with Crippen molar-refractivity contribution in [3.05, 3.63) is 24.5 Å². The third kappa shape index (κ3) is 1.33. The van der Waals surface area contributed by atoms with E-state index in [0.717, 1.165) is 27.6 Å². The van der Waals surface area contributed by atoms with Gasteiger partial charge in [0.2, 0.25) is 0 Å². The Morgan fingerprint density at radius 2 is 2.30 bits per heavy atom. The second kappa shape index (κ2) is 3.07. The van der Waals surface area contributed by atoms with Crippen molar-refractivity contribution in [3.63, 3.8) is 0 Å². The standard InChI is InChI=1S/C6H5BrN2S/c1-3-5-6(4(2)7)9-10-8-5/h3H,1-2H2. The van der Waals surface area contributed by atoms with Gasteiger partial charge in [-0.2, -0.15) is 8.75 Å². The molecule has 0 saturated heterocycles. The molecule has 0 saturated carbocycles. The molecule has 0 N–H and O–H groups in total. The number of hydrogen-bond acceptors (Lipinski definition) is 3. The second-order valence-corrected chi connectivity index (χ2v) is 3.09. The third-order valence-corrected chi connectivity index (χ3v) is 1.88. The van der Waals surface area contributed by atoms with Gasteiger partial charge in [-0.25, -0.2) is 0 Å². The van der Waals surface area contributed by atoms with Crippen molar-refractivity contribution in [3.8, 4) is 0 Å². The molecule has 1 aromatic rings. The highest BCUT2D eigenvalue weighted by Crippen LogP contribution is 2.20. The highest BCUT2D eigenvalue weighted by Gasteiger charge is 2.04. The summed E-state index contributed by atoms with van der Waals surface area (Å²) in [6, 6.07) is 0. The van der Waals surface area contributed by atoms with Crippen molar-refractivity contribution in [1.29, 1.82) is 0 Å². The van der Waals surface area contributed by atoms with Crippen molar-refractivity contribution in [2.45, 2.75) is 0 Å². The van der Waals surface area contributed by atoms with Crippen molar-refractivity contribution in [1.82, 2.24) is 8.75 Å². The molecule has 0 unspecified atom stereocenters. The van der Waals surface area contributed by atoms with Gasteiger partial charge in [-0.1, -0.05) is 13.2 Å². The minimum atomic E-state index is 0.746. The molecule has 1 heterocycles. The molecule has 0 atom stereocenters. The molecule has 52 valence electrons. The first-order valence-electron chi connectivity index (χ1n) is 2.55. The average molecular weight is 217 g/mol. The van der Waals surface area contributed by atoms with Crippen molar-refractivity contribution in [2.75, 3.05) is 0 Å². The van der Waals surface area contributed by atoms with Crippen LogP contribution in [0.2, 0.25) is 0 Å². The summed E-state index contributed by atoms with van der Waals surface area (Å²) >= 11 is 4.37. The van der Waals surface area contributed by atoms with Gasteiger partial charge < -0.3 is 0 Å². The fourth-order valence-corrected chi connectivity index (χ4v) is 1.50. The number of hydrogen-bond donors (Lipinski definition) is 0. The summed E-state index contributed by atoms with van der Waals surface area (Å²) in [5.74, 6) is 0. The molecule has 0 aliphatic rings. The van der Waals surface area contributed by atoms with Crippen LogP contribution in [0.15, 0.2) is 13.2 Å². The van der Waals surface area contributed by atoms with Crippen molar-refractivity contribution >= 4 is 38.2 Å². The Labute approximate surface area is 71.7 Å². The van der Waals surface area contributed by atoms with E-state index in [4.69, 9.17) is 0 Å². The van der Waals surface area contributed by atoms with E-state index >= 15 is 0 Å². The average Bonchev–Trinajstić information content (AvgIpc) is 2.33. The van der Waals surface area contributed by atoms with E-state index in [9.17, 15) is 0 Å². The number of halogens is 1. The topological polar surface area (TPSA) is 25.8 Å². The summed E-state index contributed by atoms with van der Waals surface area (Å²) in [6.07, 6.45) is 1.66. The monoisotopic (exact) mass is 216 g/mol. The minimum Gasteiger partial charge on any atom is -0.173 e. The van der Waals surface area contributed by atoms with Crippen molar-refractivity contribution < 1.29 is 0 Å². The van der Waals surface area contributed by atoms with Crippen LogP contribution in [0.1, 0.15) is 11.4 Å². The molecule has 4 heteroatoms. The van der Waals surface area contributed by atoms with Gasteiger partial charge in [0.25, 0.3) is 0 Å². The fourth-order valence-electron chi connectivity index (χ4n) is 0.518. The Bertz CT molecular complexity index is 266. The SMILES string of the molecule is C=Cc1nsnc1C(=C)Br. The van der Waals surface area contributed by atoms with Gasteiger partial charge in [0, 0.05) is 4.48 Å². The van der Waals surface area contributed by atoms with Crippen LogP contribution in [0.4, 0.5) is 0 Å². The summed E-state index contributed by atoms with van der Waals surface area (Å²) in [4.78, 5) is 0. The Kier molecular flexibility index (Phi) is 2.34. The Hall–Kier alpha value is -0.480. The van der Waals surface area contributed by atoms with E-state index in [1.165, 1.54) is 0 Å². The minimum absolute atomic E-state index is 0.746. The first-order valence-corrected chi connectivity index (χ1v) is 4.08. The predicted octanol–water partition coefficient (Wildman–Crippen LogP) is 2.55. The van der Waals surface area contributed by atoms with Crippen LogP contribution < -0.4 is 0 Å². The highest BCUT2D eigenvalue weighted by molar-refractivity contribution is 9.15. The molecule has 0 radical (unpaired) electrons. The van der Waals surface area contributed by atoms with E-state index in [-0.39, 0.29) is 0 Å². The maximum atomic E-state index is 4.00. The van der Waals surface area contributed by atoms with Gasteiger partial charge in [0.05, 0.1) is 11.7 Å². The van der Waals surface area contributed by atoms with Crippen LogP contribution in [-0.4, -0.2) is 8.75 Å². The molecule has 1 aromatic heterocycles. The van der Waals surface area contributed by atoms with E-state index in [0.29, 0.717) is 0 Å². The first-order chi connectivity index (χ1) is 4.75. The molecule has 0 aliphatic carbocycles. The molecule has 0 spiro atoms. The van der Waals surface area contributed by atoms with Crippen LogP contribution in [-0.2, 0) is 0 Å². The van der Waals surface area contributed by atoms with E-state index in [1.807, 2.05) is 0 Å². The lowest BCUT2D eigenvalue weighted by molar-refractivity contribution is 1.43. The first kappa shape index (κ1) is 7.63. The van der Waals surface area contributed by atoms with Crippen LogP contribution in [0.3, 0.4) is 0 Å². The summed E-state index contributed by atoms with van der Waals surface area (Å²) in [6.45, 7) is 7.27. The zero-order chi connectivity index (χ0) is 7.56. The Morgan fingerprint density at radius 1 is 1.60 bits per heavy atom. The zero-order valence-electron chi connectivity index (χ0n) is 5.17. The van der Waals surface area contributed by atoms with E-state index in [1.54, 1.807) is 6.08 Å². The highest BCUT2D eigenvalue weighted by atomic mass is 79.9.